The summed E-state index contributed by atoms with van der Waals surface area (Å²) in [5.41, 5.74) is 2.89. The summed E-state index contributed by atoms with van der Waals surface area (Å²) in [6.07, 6.45) is 4.26. The van der Waals surface area contributed by atoms with Gasteiger partial charge in [0.25, 0.3) is 0 Å². The van der Waals surface area contributed by atoms with Gasteiger partial charge in [-0.2, -0.15) is 0 Å². The summed E-state index contributed by atoms with van der Waals surface area (Å²) in [6, 6.07) is 0. The minimum Gasteiger partial charge on any atom is -0.477 e. The molecule has 1 aliphatic carbocycles. The van der Waals surface area contributed by atoms with Crippen molar-refractivity contribution < 1.29 is 9.90 Å². The lowest BCUT2D eigenvalue weighted by Crippen LogP contribution is -2.08. The van der Waals surface area contributed by atoms with Crippen molar-refractivity contribution in [1.82, 2.24) is 0 Å². The maximum absolute atomic E-state index is 10.6. The van der Waals surface area contributed by atoms with Gasteiger partial charge in [-0.1, -0.05) is 19.4 Å². The minimum absolute atomic E-state index is 0. The molecule has 0 atom stereocenters. The lowest BCUT2D eigenvalue weighted by Gasteiger charge is -2.05. The molecule has 1 aliphatic rings. The van der Waals surface area contributed by atoms with Gasteiger partial charge in [-0.05, 0) is 18.8 Å². The van der Waals surface area contributed by atoms with Gasteiger partial charge in [-0.3, -0.25) is 0 Å². The molecule has 0 saturated heterocycles. The molecule has 3 heteroatoms. The SMILES string of the molecule is C=C=C(C(=O)O)C1CCCC1.Cl. The normalized spacial score (nSPS) is 16.3. The number of rotatable bonds is 2. The Labute approximate surface area is 78.4 Å². The van der Waals surface area contributed by atoms with E-state index in [-0.39, 0.29) is 18.3 Å². The van der Waals surface area contributed by atoms with Crippen molar-refractivity contribution in [3.63, 3.8) is 0 Å². The second-order valence-electron chi connectivity index (χ2n) is 2.88. The Bertz CT molecular complexity index is 211. The van der Waals surface area contributed by atoms with Crippen LogP contribution >= 0.6 is 12.4 Å². The van der Waals surface area contributed by atoms with Crippen molar-refractivity contribution in [2.24, 2.45) is 5.92 Å². The molecule has 0 spiro atoms. The van der Waals surface area contributed by atoms with Gasteiger partial charge in [0.2, 0.25) is 0 Å². The quantitative estimate of drug-likeness (QED) is 0.534. The average Bonchev–Trinajstić information content (AvgIpc) is 2.40. The molecule has 1 saturated carbocycles. The number of halogens is 1. The molecule has 0 bridgehead atoms. The number of carboxylic acids is 1. The molecule has 0 aromatic carbocycles. The number of hydrogen-bond donors (Lipinski definition) is 1. The van der Waals surface area contributed by atoms with E-state index in [2.05, 4.69) is 12.3 Å². The number of aliphatic carboxylic acids is 1. The van der Waals surface area contributed by atoms with Gasteiger partial charge in [-0.15, -0.1) is 18.1 Å². The van der Waals surface area contributed by atoms with Crippen LogP contribution < -0.4 is 0 Å². The van der Waals surface area contributed by atoms with E-state index in [9.17, 15) is 4.79 Å². The maximum Gasteiger partial charge on any atom is 0.339 e. The fourth-order valence-corrected chi connectivity index (χ4v) is 1.61. The molecule has 0 radical (unpaired) electrons. The van der Waals surface area contributed by atoms with Crippen LogP contribution in [0.25, 0.3) is 0 Å². The Morgan fingerprint density at radius 1 is 1.42 bits per heavy atom. The summed E-state index contributed by atoms with van der Waals surface area (Å²) in [4.78, 5) is 10.6. The molecule has 0 aliphatic heterocycles. The van der Waals surface area contributed by atoms with Gasteiger partial charge in [0.1, 0.15) is 0 Å². The van der Waals surface area contributed by atoms with E-state index in [4.69, 9.17) is 5.11 Å². The molecule has 1 N–H and O–H groups in total. The first-order valence-corrected chi connectivity index (χ1v) is 3.89. The summed E-state index contributed by atoms with van der Waals surface area (Å²) in [5.74, 6) is -0.642. The molecular formula is C9H13ClO2. The van der Waals surface area contributed by atoms with Crippen LogP contribution in [-0.4, -0.2) is 11.1 Å². The zero-order valence-electron chi connectivity index (χ0n) is 6.88. The molecular weight excluding hydrogens is 176 g/mol. The predicted octanol–water partition coefficient (Wildman–Crippen LogP) is 2.39. The number of hydrogen-bond acceptors (Lipinski definition) is 1. The van der Waals surface area contributed by atoms with Crippen LogP contribution in [0.15, 0.2) is 17.9 Å². The van der Waals surface area contributed by atoms with Gasteiger partial charge in [0.05, 0.1) is 5.57 Å². The zero-order chi connectivity index (χ0) is 8.27. The Kier molecular flexibility index (Phi) is 4.72. The first-order valence-electron chi connectivity index (χ1n) is 3.89. The van der Waals surface area contributed by atoms with Gasteiger partial charge < -0.3 is 5.11 Å². The van der Waals surface area contributed by atoms with Crippen LogP contribution in [0.2, 0.25) is 0 Å². The molecule has 0 heterocycles. The summed E-state index contributed by atoms with van der Waals surface area (Å²) < 4.78 is 0. The summed E-state index contributed by atoms with van der Waals surface area (Å²) in [6.45, 7) is 3.38. The van der Waals surface area contributed by atoms with Crippen molar-refractivity contribution in [3.8, 4) is 0 Å². The molecule has 0 amide bonds. The summed E-state index contributed by atoms with van der Waals surface area (Å²) >= 11 is 0. The summed E-state index contributed by atoms with van der Waals surface area (Å²) in [7, 11) is 0. The first-order chi connectivity index (χ1) is 5.25. The van der Waals surface area contributed by atoms with Crippen LogP contribution in [0.3, 0.4) is 0 Å². The van der Waals surface area contributed by atoms with Crippen molar-refractivity contribution in [1.29, 1.82) is 0 Å². The van der Waals surface area contributed by atoms with Crippen LogP contribution in [0.5, 0.6) is 0 Å². The van der Waals surface area contributed by atoms with Crippen molar-refractivity contribution in [3.05, 3.63) is 17.9 Å². The van der Waals surface area contributed by atoms with Gasteiger partial charge in [0.15, 0.2) is 0 Å². The highest BCUT2D eigenvalue weighted by atomic mass is 35.5. The van der Waals surface area contributed by atoms with E-state index in [1.54, 1.807) is 0 Å². The van der Waals surface area contributed by atoms with Crippen molar-refractivity contribution in [2.75, 3.05) is 0 Å². The molecule has 2 nitrogen and oxygen atoms in total. The highest BCUT2D eigenvalue weighted by molar-refractivity contribution is 5.86. The Hall–Kier alpha value is -0.720. The van der Waals surface area contributed by atoms with Crippen LogP contribution in [-0.2, 0) is 4.79 Å². The highest BCUT2D eigenvalue weighted by Crippen LogP contribution is 2.30. The molecule has 0 unspecified atom stereocenters. The average molecular weight is 189 g/mol. The second-order valence-corrected chi connectivity index (χ2v) is 2.88. The Morgan fingerprint density at radius 3 is 2.25 bits per heavy atom. The number of carbonyl (C=O) groups is 1. The van der Waals surface area contributed by atoms with E-state index < -0.39 is 5.97 Å². The van der Waals surface area contributed by atoms with Crippen LogP contribution in [0, 0.1) is 5.92 Å². The Balaban J connectivity index is 0.00000121. The van der Waals surface area contributed by atoms with Gasteiger partial charge >= 0.3 is 5.97 Å². The largest absolute Gasteiger partial charge is 0.477 e. The van der Waals surface area contributed by atoms with Gasteiger partial charge in [0, 0.05) is 0 Å². The van der Waals surface area contributed by atoms with Gasteiger partial charge in [-0.25, -0.2) is 4.79 Å². The lowest BCUT2D eigenvalue weighted by atomic mass is 9.99. The second kappa shape index (κ2) is 5.02. The highest BCUT2D eigenvalue weighted by Gasteiger charge is 2.23. The standard InChI is InChI=1S/C9H12O2.ClH/c1-2-8(9(10)11)7-5-3-4-6-7;/h7H,1,3-6H2,(H,10,11);1H. The fourth-order valence-electron chi connectivity index (χ4n) is 1.61. The predicted molar refractivity (Wildman–Crippen MR) is 49.5 cm³/mol. The molecule has 12 heavy (non-hydrogen) atoms. The van der Waals surface area contributed by atoms with E-state index in [1.165, 1.54) is 0 Å². The minimum atomic E-state index is -0.855. The monoisotopic (exact) mass is 188 g/mol. The fraction of sp³-hybridized carbons (Fsp3) is 0.556. The first kappa shape index (κ1) is 11.3. The van der Waals surface area contributed by atoms with Crippen molar-refractivity contribution in [2.45, 2.75) is 25.7 Å². The van der Waals surface area contributed by atoms with E-state index in [1.807, 2.05) is 0 Å². The zero-order valence-corrected chi connectivity index (χ0v) is 7.69. The van der Waals surface area contributed by atoms with E-state index >= 15 is 0 Å². The molecule has 1 fully saturated rings. The Morgan fingerprint density at radius 2 is 1.92 bits per heavy atom. The third-order valence-electron chi connectivity index (χ3n) is 2.18. The molecule has 0 aromatic rings. The van der Waals surface area contributed by atoms with E-state index in [0.29, 0.717) is 5.57 Å². The number of carboxylic acid groups (broad SMARTS) is 1. The molecule has 1 rings (SSSR count). The van der Waals surface area contributed by atoms with Crippen LogP contribution in [0.4, 0.5) is 0 Å². The third-order valence-corrected chi connectivity index (χ3v) is 2.18. The summed E-state index contributed by atoms with van der Waals surface area (Å²) in [5, 5.41) is 8.69. The molecule has 0 aromatic heterocycles. The topological polar surface area (TPSA) is 37.3 Å². The maximum atomic E-state index is 10.6. The smallest absolute Gasteiger partial charge is 0.339 e. The molecule has 68 valence electrons. The van der Waals surface area contributed by atoms with Crippen LogP contribution in [0.1, 0.15) is 25.7 Å². The lowest BCUT2D eigenvalue weighted by molar-refractivity contribution is -0.133. The third kappa shape index (κ3) is 2.40. The van der Waals surface area contributed by atoms with E-state index in [0.717, 1.165) is 25.7 Å². The van der Waals surface area contributed by atoms with Crippen molar-refractivity contribution >= 4 is 18.4 Å².